The summed E-state index contributed by atoms with van der Waals surface area (Å²) < 4.78 is 8.25. The van der Waals surface area contributed by atoms with Crippen LogP contribution in [0.25, 0.3) is 10.2 Å². The van der Waals surface area contributed by atoms with Crippen LogP contribution in [0.2, 0.25) is 5.02 Å². The molecule has 0 spiro atoms. The molecule has 7 nitrogen and oxygen atoms in total. The van der Waals surface area contributed by atoms with Crippen molar-refractivity contribution in [2.45, 2.75) is 6.92 Å². The van der Waals surface area contributed by atoms with Crippen LogP contribution in [0.3, 0.4) is 0 Å². The molecule has 0 aliphatic carbocycles. The van der Waals surface area contributed by atoms with Crippen molar-refractivity contribution in [2.75, 3.05) is 6.61 Å². The standard InChI is InChI=1S/C17H14ClN3O4S/c1-3-25-13-5-4-6-14-15(13)20(2)17(26-14)19-16(22)11-9-10(18)7-8-12(11)21(23)24/h4-9H,3H2,1-2H3. The first-order chi connectivity index (χ1) is 12.4. The highest BCUT2D eigenvalue weighted by atomic mass is 35.5. The van der Waals surface area contributed by atoms with Gasteiger partial charge in [-0.15, -0.1) is 0 Å². The minimum absolute atomic E-state index is 0.148. The summed E-state index contributed by atoms with van der Waals surface area (Å²) in [6.45, 7) is 2.40. The van der Waals surface area contributed by atoms with Crippen molar-refractivity contribution in [3.05, 3.63) is 61.9 Å². The maximum atomic E-state index is 12.6. The molecule has 0 atom stereocenters. The fraction of sp³-hybridized carbons (Fsp3) is 0.176. The Kier molecular flexibility index (Phi) is 5.06. The zero-order chi connectivity index (χ0) is 18.8. The van der Waals surface area contributed by atoms with Crippen molar-refractivity contribution in [3.8, 4) is 5.75 Å². The van der Waals surface area contributed by atoms with E-state index in [1.165, 1.54) is 29.5 Å². The van der Waals surface area contributed by atoms with Crippen LogP contribution in [0, 0.1) is 10.1 Å². The lowest BCUT2D eigenvalue weighted by molar-refractivity contribution is -0.385. The van der Waals surface area contributed by atoms with Gasteiger partial charge in [0.05, 0.1) is 16.2 Å². The summed E-state index contributed by atoms with van der Waals surface area (Å²) in [5.74, 6) is -0.0364. The van der Waals surface area contributed by atoms with Crippen LogP contribution in [0.4, 0.5) is 5.69 Å². The van der Waals surface area contributed by atoms with Crippen LogP contribution in [0.1, 0.15) is 17.3 Å². The predicted octanol–water partition coefficient (Wildman–Crippen LogP) is 3.94. The second kappa shape index (κ2) is 7.27. The number of amides is 1. The minimum Gasteiger partial charge on any atom is -0.492 e. The van der Waals surface area contributed by atoms with Gasteiger partial charge in [-0.3, -0.25) is 14.9 Å². The van der Waals surface area contributed by atoms with E-state index in [2.05, 4.69) is 4.99 Å². The third-order valence-corrected chi connectivity index (χ3v) is 5.00. The predicted molar refractivity (Wildman–Crippen MR) is 100.0 cm³/mol. The summed E-state index contributed by atoms with van der Waals surface area (Å²) in [4.78, 5) is 27.6. The smallest absolute Gasteiger partial charge is 0.286 e. The molecule has 0 radical (unpaired) electrons. The fourth-order valence-electron chi connectivity index (χ4n) is 2.53. The molecule has 0 unspecified atom stereocenters. The average molecular weight is 392 g/mol. The summed E-state index contributed by atoms with van der Waals surface area (Å²) in [7, 11) is 1.76. The van der Waals surface area contributed by atoms with Crippen molar-refractivity contribution in [1.29, 1.82) is 0 Å². The van der Waals surface area contributed by atoms with Crippen molar-refractivity contribution >= 4 is 44.7 Å². The first-order valence-electron chi connectivity index (χ1n) is 7.66. The van der Waals surface area contributed by atoms with Crippen LogP contribution >= 0.6 is 22.9 Å². The highest BCUT2D eigenvalue weighted by Gasteiger charge is 2.20. The number of aromatic nitrogens is 1. The Morgan fingerprint density at radius 3 is 2.85 bits per heavy atom. The molecule has 0 saturated carbocycles. The Bertz CT molecular complexity index is 1090. The van der Waals surface area contributed by atoms with E-state index in [9.17, 15) is 14.9 Å². The van der Waals surface area contributed by atoms with Gasteiger partial charge >= 0.3 is 0 Å². The maximum absolute atomic E-state index is 12.6. The van der Waals surface area contributed by atoms with Gasteiger partial charge in [0.15, 0.2) is 4.80 Å². The van der Waals surface area contributed by atoms with Crippen molar-refractivity contribution in [1.82, 2.24) is 4.57 Å². The molecule has 26 heavy (non-hydrogen) atoms. The van der Waals surface area contributed by atoms with Crippen LogP contribution in [-0.4, -0.2) is 22.0 Å². The third-order valence-electron chi connectivity index (χ3n) is 3.67. The highest BCUT2D eigenvalue weighted by molar-refractivity contribution is 7.16. The largest absolute Gasteiger partial charge is 0.492 e. The molecule has 0 fully saturated rings. The normalized spacial score (nSPS) is 11.7. The number of halogens is 1. The van der Waals surface area contributed by atoms with Gasteiger partial charge in [0.1, 0.15) is 16.8 Å². The molecule has 3 rings (SSSR count). The summed E-state index contributed by atoms with van der Waals surface area (Å²) in [5.41, 5.74) is 0.332. The van der Waals surface area contributed by atoms with E-state index in [1.54, 1.807) is 11.6 Å². The lowest BCUT2D eigenvalue weighted by atomic mass is 10.2. The molecule has 3 aromatic rings. The number of para-hydroxylation sites is 1. The molecule has 2 aromatic carbocycles. The Hall–Kier alpha value is -2.71. The van der Waals surface area contributed by atoms with E-state index in [1.807, 2.05) is 25.1 Å². The summed E-state index contributed by atoms with van der Waals surface area (Å²) in [5, 5.41) is 11.4. The number of fused-ring (bicyclic) bond motifs is 1. The van der Waals surface area contributed by atoms with Crippen LogP contribution in [0.15, 0.2) is 41.4 Å². The number of carbonyl (C=O) groups is 1. The monoisotopic (exact) mass is 391 g/mol. The molecule has 9 heteroatoms. The highest BCUT2D eigenvalue weighted by Crippen LogP contribution is 2.27. The number of carbonyl (C=O) groups excluding carboxylic acids is 1. The number of aryl methyl sites for hydroxylation is 1. The topological polar surface area (TPSA) is 86.7 Å². The van der Waals surface area contributed by atoms with Gasteiger partial charge < -0.3 is 9.30 Å². The van der Waals surface area contributed by atoms with Gasteiger partial charge in [-0.2, -0.15) is 4.99 Å². The average Bonchev–Trinajstić information content (AvgIpc) is 2.91. The van der Waals surface area contributed by atoms with E-state index in [4.69, 9.17) is 16.3 Å². The lowest BCUT2D eigenvalue weighted by Gasteiger charge is -2.05. The van der Waals surface area contributed by atoms with E-state index >= 15 is 0 Å². The SMILES string of the molecule is CCOc1cccc2sc(=NC(=O)c3cc(Cl)ccc3[N+](=O)[O-])n(C)c12. The van der Waals surface area contributed by atoms with Gasteiger partial charge in [0.25, 0.3) is 11.6 Å². The Balaban J connectivity index is 2.16. The number of nitro benzene ring substituents is 1. The van der Waals surface area contributed by atoms with E-state index in [0.29, 0.717) is 17.2 Å². The molecule has 0 aliphatic heterocycles. The van der Waals surface area contributed by atoms with Gasteiger partial charge in [0, 0.05) is 18.1 Å². The van der Waals surface area contributed by atoms with Gasteiger partial charge in [-0.25, -0.2) is 0 Å². The Morgan fingerprint density at radius 1 is 1.38 bits per heavy atom. The van der Waals surface area contributed by atoms with E-state index in [0.717, 1.165) is 10.2 Å². The van der Waals surface area contributed by atoms with Gasteiger partial charge in [-0.05, 0) is 31.2 Å². The summed E-state index contributed by atoms with van der Waals surface area (Å²) in [6.07, 6.45) is 0. The number of rotatable bonds is 4. The Labute approximate surface area is 157 Å². The number of ether oxygens (including phenoxy) is 1. The second-order valence-electron chi connectivity index (χ2n) is 5.32. The maximum Gasteiger partial charge on any atom is 0.286 e. The zero-order valence-corrected chi connectivity index (χ0v) is 15.5. The van der Waals surface area contributed by atoms with Crippen molar-refractivity contribution < 1.29 is 14.5 Å². The lowest BCUT2D eigenvalue weighted by Crippen LogP contribution is -2.14. The first-order valence-corrected chi connectivity index (χ1v) is 8.86. The molecule has 1 heterocycles. The van der Waals surface area contributed by atoms with Crippen molar-refractivity contribution in [3.63, 3.8) is 0 Å². The molecule has 0 aliphatic rings. The third kappa shape index (κ3) is 3.33. The molecule has 1 aromatic heterocycles. The molecule has 0 saturated heterocycles. The fourth-order valence-corrected chi connectivity index (χ4v) is 3.74. The molecule has 134 valence electrons. The van der Waals surface area contributed by atoms with E-state index < -0.39 is 10.8 Å². The number of nitrogens with zero attached hydrogens (tertiary/aromatic N) is 3. The second-order valence-corrected chi connectivity index (χ2v) is 6.76. The molecule has 1 amide bonds. The minimum atomic E-state index is -0.723. The Morgan fingerprint density at radius 2 is 2.15 bits per heavy atom. The zero-order valence-electron chi connectivity index (χ0n) is 13.9. The van der Waals surface area contributed by atoms with Crippen LogP contribution in [-0.2, 0) is 7.05 Å². The molecular formula is C17H14ClN3O4S. The van der Waals surface area contributed by atoms with Gasteiger partial charge in [0.2, 0.25) is 0 Å². The van der Waals surface area contributed by atoms with E-state index in [-0.39, 0.29) is 16.3 Å². The van der Waals surface area contributed by atoms with Gasteiger partial charge in [-0.1, -0.05) is 29.0 Å². The first kappa shape index (κ1) is 18.1. The quantitative estimate of drug-likeness (QED) is 0.497. The van der Waals surface area contributed by atoms with Crippen molar-refractivity contribution in [2.24, 2.45) is 12.0 Å². The number of benzene rings is 2. The molecule has 0 N–H and O–H groups in total. The number of hydrogen-bond donors (Lipinski definition) is 0. The molecular weight excluding hydrogens is 378 g/mol. The molecule has 0 bridgehead atoms. The summed E-state index contributed by atoms with van der Waals surface area (Å²) in [6, 6.07) is 9.41. The number of thiazole rings is 1. The van der Waals surface area contributed by atoms with Crippen LogP contribution < -0.4 is 9.54 Å². The van der Waals surface area contributed by atoms with Crippen LogP contribution in [0.5, 0.6) is 5.75 Å². The summed E-state index contributed by atoms with van der Waals surface area (Å²) >= 11 is 7.18. The number of nitro groups is 1. The number of hydrogen-bond acceptors (Lipinski definition) is 5.